The summed E-state index contributed by atoms with van der Waals surface area (Å²) in [6.07, 6.45) is 1.66. The van der Waals surface area contributed by atoms with E-state index < -0.39 is 17.8 Å². The minimum absolute atomic E-state index is 0.119. The van der Waals surface area contributed by atoms with Crippen LogP contribution >= 0.6 is 0 Å². The van der Waals surface area contributed by atoms with Crippen LogP contribution in [0.4, 0.5) is 0 Å². The average Bonchev–Trinajstić information content (AvgIpc) is 2.45. The van der Waals surface area contributed by atoms with Crippen LogP contribution in [0.15, 0.2) is 0 Å². The van der Waals surface area contributed by atoms with Crippen molar-refractivity contribution >= 4 is 25.6 Å². The Morgan fingerprint density at radius 2 is 2.25 bits per heavy atom. The van der Waals surface area contributed by atoms with E-state index in [0.29, 0.717) is 11.5 Å². The maximum atomic E-state index is 11.5. The van der Waals surface area contributed by atoms with Crippen molar-refractivity contribution in [2.24, 2.45) is 5.92 Å². The third kappa shape index (κ3) is 2.62. The second-order valence-corrected chi connectivity index (χ2v) is 4.23. The zero-order valence-corrected chi connectivity index (χ0v) is 9.86. The van der Waals surface area contributed by atoms with Gasteiger partial charge < -0.3 is 4.84 Å². The number of amides is 2. The van der Waals surface area contributed by atoms with Crippen molar-refractivity contribution in [1.29, 1.82) is 0 Å². The Balaban J connectivity index is 2.57. The highest BCUT2D eigenvalue weighted by atomic mass is 16.7. The standard InChI is InChI=1S/C10H16BNO4/c1-3-4-6(2)10(15)16-12-8(13)5-7(11)9(12)14/h6-7H,3-5,11H2,1-2H3. The monoisotopic (exact) mass is 225 g/mol. The van der Waals surface area contributed by atoms with E-state index in [0.717, 1.165) is 6.42 Å². The number of hydrogen-bond acceptors (Lipinski definition) is 4. The topological polar surface area (TPSA) is 63.7 Å². The molecule has 16 heavy (non-hydrogen) atoms. The van der Waals surface area contributed by atoms with Gasteiger partial charge in [0.1, 0.15) is 7.85 Å². The molecular weight excluding hydrogens is 209 g/mol. The number of nitrogens with zero attached hydrogens (tertiary/aromatic N) is 1. The van der Waals surface area contributed by atoms with Gasteiger partial charge >= 0.3 is 5.97 Å². The molecule has 0 radical (unpaired) electrons. The van der Waals surface area contributed by atoms with Crippen LogP contribution in [0.5, 0.6) is 0 Å². The lowest BCUT2D eigenvalue weighted by atomic mass is 9.86. The molecule has 0 aromatic heterocycles. The fourth-order valence-electron chi connectivity index (χ4n) is 1.58. The molecule has 6 heteroatoms. The number of carbonyl (C=O) groups excluding carboxylic acids is 3. The lowest BCUT2D eigenvalue weighted by molar-refractivity contribution is -0.200. The SMILES string of the molecule is BC1CC(=O)N(OC(=O)C(C)CCC)C1=O. The average molecular weight is 225 g/mol. The molecule has 0 spiro atoms. The highest BCUT2D eigenvalue weighted by Gasteiger charge is 2.39. The minimum atomic E-state index is -0.516. The van der Waals surface area contributed by atoms with E-state index >= 15 is 0 Å². The summed E-state index contributed by atoms with van der Waals surface area (Å²) in [5, 5.41) is 0.610. The molecule has 2 atom stereocenters. The zero-order chi connectivity index (χ0) is 12.3. The van der Waals surface area contributed by atoms with E-state index in [1.165, 1.54) is 0 Å². The van der Waals surface area contributed by atoms with Crippen molar-refractivity contribution in [3.8, 4) is 0 Å². The molecule has 0 aromatic carbocycles. The Morgan fingerprint density at radius 1 is 1.62 bits per heavy atom. The molecule has 2 unspecified atom stereocenters. The van der Waals surface area contributed by atoms with E-state index in [4.69, 9.17) is 4.84 Å². The fourth-order valence-corrected chi connectivity index (χ4v) is 1.58. The molecule has 1 aliphatic rings. The zero-order valence-electron chi connectivity index (χ0n) is 9.86. The van der Waals surface area contributed by atoms with Gasteiger partial charge in [0, 0.05) is 12.2 Å². The van der Waals surface area contributed by atoms with E-state index in [1.807, 2.05) is 6.92 Å². The van der Waals surface area contributed by atoms with E-state index in [-0.39, 0.29) is 18.2 Å². The van der Waals surface area contributed by atoms with Gasteiger partial charge in [0.15, 0.2) is 0 Å². The van der Waals surface area contributed by atoms with Crippen LogP contribution in [0.1, 0.15) is 33.1 Å². The molecular formula is C10H16BNO4. The van der Waals surface area contributed by atoms with Crippen molar-refractivity contribution in [3.05, 3.63) is 0 Å². The number of hydrogen-bond donors (Lipinski definition) is 0. The van der Waals surface area contributed by atoms with Gasteiger partial charge in [-0.1, -0.05) is 20.3 Å². The maximum absolute atomic E-state index is 11.5. The fraction of sp³-hybridized carbons (Fsp3) is 0.700. The Morgan fingerprint density at radius 3 is 2.69 bits per heavy atom. The first-order valence-corrected chi connectivity index (χ1v) is 5.56. The van der Waals surface area contributed by atoms with E-state index in [1.54, 1.807) is 14.8 Å². The summed E-state index contributed by atoms with van der Waals surface area (Å²) in [6, 6.07) is 0. The molecule has 1 heterocycles. The van der Waals surface area contributed by atoms with Gasteiger partial charge in [0.25, 0.3) is 11.8 Å². The van der Waals surface area contributed by atoms with Crippen LogP contribution in [0.25, 0.3) is 0 Å². The van der Waals surface area contributed by atoms with Crippen molar-refractivity contribution < 1.29 is 19.2 Å². The summed E-state index contributed by atoms with van der Waals surface area (Å²) in [4.78, 5) is 39.1. The molecule has 0 aromatic rings. The smallest absolute Gasteiger partial charge is 0.330 e. The molecule has 88 valence electrons. The van der Waals surface area contributed by atoms with Gasteiger partial charge in [0.2, 0.25) is 0 Å². The summed E-state index contributed by atoms with van der Waals surface area (Å²) in [6.45, 7) is 3.68. The molecule has 5 nitrogen and oxygen atoms in total. The maximum Gasteiger partial charge on any atom is 0.335 e. The lowest BCUT2D eigenvalue weighted by Gasteiger charge is -2.16. The number of imide groups is 1. The summed E-state index contributed by atoms with van der Waals surface area (Å²) in [5.74, 6) is -2.06. The predicted octanol–water partition coefficient (Wildman–Crippen LogP) is 0.0613. The van der Waals surface area contributed by atoms with E-state index in [2.05, 4.69) is 0 Å². The Labute approximate surface area is 95.5 Å². The first-order chi connectivity index (χ1) is 7.47. The Hall–Kier alpha value is -1.33. The third-order valence-corrected chi connectivity index (χ3v) is 2.63. The van der Waals surface area contributed by atoms with Crippen molar-refractivity contribution in [3.63, 3.8) is 0 Å². The Kier molecular flexibility index (Phi) is 4.09. The molecule has 1 saturated heterocycles. The van der Waals surface area contributed by atoms with Gasteiger partial charge in [0.05, 0.1) is 5.92 Å². The molecule has 0 aliphatic carbocycles. The summed E-state index contributed by atoms with van der Waals surface area (Å²) >= 11 is 0. The highest BCUT2D eigenvalue weighted by molar-refractivity contribution is 6.29. The number of carbonyl (C=O) groups is 3. The van der Waals surface area contributed by atoms with Crippen LogP contribution in [-0.4, -0.2) is 30.7 Å². The second-order valence-electron chi connectivity index (χ2n) is 4.23. The molecule has 1 fully saturated rings. The summed E-state index contributed by atoms with van der Waals surface area (Å²) < 4.78 is 0. The first-order valence-electron chi connectivity index (χ1n) is 5.56. The van der Waals surface area contributed by atoms with Crippen molar-refractivity contribution in [1.82, 2.24) is 5.06 Å². The van der Waals surface area contributed by atoms with Crippen LogP contribution < -0.4 is 0 Å². The number of rotatable bonds is 4. The van der Waals surface area contributed by atoms with Gasteiger partial charge in [-0.05, 0) is 6.42 Å². The van der Waals surface area contributed by atoms with Gasteiger partial charge in [-0.3, -0.25) is 9.59 Å². The molecule has 0 N–H and O–H groups in total. The first kappa shape index (κ1) is 12.7. The Bertz CT molecular complexity index is 318. The minimum Gasteiger partial charge on any atom is -0.330 e. The number of hydroxylamine groups is 2. The molecule has 2 amide bonds. The predicted molar refractivity (Wildman–Crippen MR) is 58.9 cm³/mol. The third-order valence-electron chi connectivity index (χ3n) is 2.63. The second kappa shape index (κ2) is 5.14. The van der Waals surface area contributed by atoms with Crippen molar-refractivity contribution in [2.45, 2.75) is 38.9 Å². The highest BCUT2D eigenvalue weighted by Crippen LogP contribution is 2.22. The van der Waals surface area contributed by atoms with Crippen LogP contribution in [0, 0.1) is 5.92 Å². The quantitative estimate of drug-likeness (QED) is 0.501. The molecule has 0 saturated carbocycles. The molecule has 1 aliphatic heterocycles. The van der Waals surface area contributed by atoms with Crippen LogP contribution in [-0.2, 0) is 19.2 Å². The van der Waals surface area contributed by atoms with Gasteiger partial charge in [-0.2, -0.15) is 0 Å². The van der Waals surface area contributed by atoms with E-state index in [9.17, 15) is 14.4 Å². The summed E-state index contributed by atoms with van der Waals surface area (Å²) in [7, 11) is 1.64. The van der Waals surface area contributed by atoms with Crippen LogP contribution in [0.2, 0.25) is 5.82 Å². The largest absolute Gasteiger partial charge is 0.335 e. The molecule has 0 bridgehead atoms. The lowest BCUT2D eigenvalue weighted by Crippen LogP contribution is -2.34. The normalized spacial score (nSPS) is 22.4. The van der Waals surface area contributed by atoms with Gasteiger partial charge in [-0.15, -0.1) is 5.06 Å². The molecule has 1 rings (SSSR count). The summed E-state index contributed by atoms with van der Waals surface area (Å²) in [5.41, 5.74) is 0. The van der Waals surface area contributed by atoms with Crippen LogP contribution in [0.3, 0.4) is 0 Å². The van der Waals surface area contributed by atoms with Gasteiger partial charge in [-0.25, -0.2) is 4.79 Å². The van der Waals surface area contributed by atoms with Crippen molar-refractivity contribution in [2.75, 3.05) is 0 Å².